The van der Waals surface area contributed by atoms with Crippen LogP contribution in [0.15, 0.2) is 29.3 Å². The first kappa shape index (κ1) is 20.2. The molecule has 3 rings (SSSR count). The van der Waals surface area contributed by atoms with Crippen LogP contribution < -0.4 is 11.1 Å². The van der Waals surface area contributed by atoms with E-state index < -0.39 is 0 Å². The van der Waals surface area contributed by atoms with Gasteiger partial charge in [-0.15, -0.1) is 0 Å². The number of hydrogen-bond acceptors (Lipinski definition) is 3. The summed E-state index contributed by atoms with van der Waals surface area (Å²) in [5.41, 5.74) is 7.69. The van der Waals surface area contributed by atoms with Gasteiger partial charge in [0.05, 0.1) is 0 Å². The third kappa shape index (κ3) is 5.47. The molecule has 2 aliphatic heterocycles. The van der Waals surface area contributed by atoms with Gasteiger partial charge in [-0.2, -0.15) is 0 Å². The van der Waals surface area contributed by atoms with Crippen LogP contribution in [0.4, 0.5) is 0 Å². The van der Waals surface area contributed by atoms with Crippen molar-refractivity contribution < 1.29 is 9.59 Å². The molecule has 2 fully saturated rings. The summed E-state index contributed by atoms with van der Waals surface area (Å²) in [6.07, 6.45) is 4.17. The molecular formula is C21H31N5O2. The van der Waals surface area contributed by atoms with Gasteiger partial charge in [0.1, 0.15) is 0 Å². The maximum absolute atomic E-state index is 11.8. The summed E-state index contributed by atoms with van der Waals surface area (Å²) >= 11 is 0. The number of hydrogen-bond donors (Lipinski definition) is 2. The Bertz CT molecular complexity index is 716. The van der Waals surface area contributed by atoms with Crippen LogP contribution >= 0.6 is 0 Å². The van der Waals surface area contributed by atoms with E-state index >= 15 is 0 Å². The molecule has 0 aromatic heterocycles. The smallest absolute Gasteiger partial charge is 0.222 e. The number of rotatable bonds is 6. The number of primary amides is 1. The Morgan fingerprint density at radius 2 is 1.96 bits per heavy atom. The third-order valence-corrected chi connectivity index (χ3v) is 5.54. The normalized spacial score (nSPS) is 20.5. The van der Waals surface area contributed by atoms with Crippen molar-refractivity contribution in [3.05, 3.63) is 35.4 Å². The van der Waals surface area contributed by atoms with Gasteiger partial charge in [0.2, 0.25) is 11.8 Å². The van der Waals surface area contributed by atoms with Crippen molar-refractivity contribution in [3.8, 4) is 0 Å². The molecule has 1 atom stereocenters. The number of nitrogens with two attached hydrogens (primary N) is 1. The molecule has 2 heterocycles. The number of carbonyl (C=O) groups is 2. The lowest BCUT2D eigenvalue weighted by molar-refractivity contribution is -0.128. The summed E-state index contributed by atoms with van der Waals surface area (Å²) in [5, 5.41) is 3.42. The first-order valence-corrected chi connectivity index (χ1v) is 10.1. The molecule has 2 amide bonds. The molecule has 1 aromatic carbocycles. The van der Waals surface area contributed by atoms with E-state index in [0.717, 1.165) is 50.4 Å². The number of guanidine groups is 1. The van der Waals surface area contributed by atoms with Gasteiger partial charge in [0.15, 0.2) is 5.96 Å². The number of benzene rings is 1. The van der Waals surface area contributed by atoms with Crippen LogP contribution in [0.25, 0.3) is 0 Å². The second-order valence-electron chi connectivity index (χ2n) is 7.76. The Morgan fingerprint density at radius 3 is 2.61 bits per heavy atom. The van der Waals surface area contributed by atoms with Crippen molar-refractivity contribution in [1.82, 2.24) is 15.1 Å². The van der Waals surface area contributed by atoms with Gasteiger partial charge in [-0.05, 0) is 36.3 Å². The molecule has 2 aliphatic rings. The van der Waals surface area contributed by atoms with E-state index in [1.807, 2.05) is 4.90 Å². The first-order chi connectivity index (χ1) is 13.5. The van der Waals surface area contributed by atoms with E-state index in [-0.39, 0.29) is 11.8 Å². The summed E-state index contributed by atoms with van der Waals surface area (Å²) in [6, 6.07) is 8.38. The van der Waals surface area contributed by atoms with Crippen LogP contribution in [-0.4, -0.2) is 54.3 Å². The zero-order valence-corrected chi connectivity index (χ0v) is 16.7. The van der Waals surface area contributed by atoms with E-state index in [9.17, 15) is 9.59 Å². The van der Waals surface area contributed by atoms with Crippen LogP contribution in [0.1, 0.15) is 43.2 Å². The Kier molecular flexibility index (Phi) is 6.90. The summed E-state index contributed by atoms with van der Waals surface area (Å²) < 4.78 is 0. The lowest BCUT2D eigenvalue weighted by atomic mass is 9.95. The predicted octanol–water partition coefficient (Wildman–Crippen LogP) is 1.47. The van der Waals surface area contributed by atoms with E-state index in [1.54, 1.807) is 7.05 Å². The number of amides is 2. The van der Waals surface area contributed by atoms with Gasteiger partial charge in [-0.25, -0.2) is 0 Å². The van der Waals surface area contributed by atoms with Crippen molar-refractivity contribution >= 4 is 17.8 Å². The summed E-state index contributed by atoms with van der Waals surface area (Å²) in [7, 11) is 1.79. The third-order valence-electron chi connectivity index (χ3n) is 5.54. The monoisotopic (exact) mass is 385 g/mol. The zero-order valence-electron chi connectivity index (χ0n) is 16.7. The summed E-state index contributed by atoms with van der Waals surface area (Å²) in [6.45, 7) is 4.00. The summed E-state index contributed by atoms with van der Waals surface area (Å²) in [4.78, 5) is 31.5. The number of likely N-dealkylation sites (tertiary alicyclic amines) is 2. The highest BCUT2D eigenvalue weighted by Crippen LogP contribution is 2.19. The molecule has 1 aromatic rings. The molecule has 0 spiro atoms. The minimum atomic E-state index is -0.231. The van der Waals surface area contributed by atoms with Crippen LogP contribution in [0, 0.1) is 5.92 Å². The average Bonchev–Trinajstić information content (AvgIpc) is 3.08. The van der Waals surface area contributed by atoms with Gasteiger partial charge in [-0.3, -0.25) is 14.6 Å². The Balaban J connectivity index is 1.50. The minimum Gasteiger partial charge on any atom is -0.370 e. The highest BCUT2D eigenvalue weighted by atomic mass is 16.2. The zero-order chi connectivity index (χ0) is 19.9. The highest BCUT2D eigenvalue weighted by molar-refractivity contribution is 5.80. The number of nitrogens with one attached hydrogen (secondary N) is 1. The molecule has 7 nitrogen and oxygen atoms in total. The molecule has 2 saturated heterocycles. The molecule has 3 N–H and O–H groups in total. The van der Waals surface area contributed by atoms with Crippen molar-refractivity contribution in [1.29, 1.82) is 0 Å². The molecule has 152 valence electrons. The highest BCUT2D eigenvalue weighted by Gasteiger charge is 2.23. The second kappa shape index (κ2) is 9.57. The molecule has 0 saturated carbocycles. The van der Waals surface area contributed by atoms with Crippen LogP contribution in [0.2, 0.25) is 0 Å². The maximum atomic E-state index is 11.8. The second-order valence-corrected chi connectivity index (χ2v) is 7.76. The fraction of sp³-hybridized carbons (Fsp3) is 0.571. The first-order valence-electron chi connectivity index (χ1n) is 10.1. The quantitative estimate of drug-likeness (QED) is 0.573. The maximum Gasteiger partial charge on any atom is 0.222 e. The molecule has 1 unspecified atom stereocenters. The minimum absolute atomic E-state index is 0.231. The largest absolute Gasteiger partial charge is 0.370 e. The average molecular weight is 386 g/mol. The molecule has 0 bridgehead atoms. The molecule has 0 aliphatic carbocycles. The number of aliphatic imine (C=N–C) groups is 1. The van der Waals surface area contributed by atoms with Crippen LogP contribution in [0.5, 0.6) is 0 Å². The molecule has 28 heavy (non-hydrogen) atoms. The Labute approximate surface area is 167 Å². The lowest BCUT2D eigenvalue weighted by Crippen LogP contribution is -2.46. The van der Waals surface area contributed by atoms with Crippen LogP contribution in [0.3, 0.4) is 0 Å². The fourth-order valence-electron chi connectivity index (χ4n) is 4.08. The Morgan fingerprint density at radius 1 is 1.21 bits per heavy atom. The molecule has 0 radical (unpaired) electrons. The van der Waals surface area contributed by atoms with Crippen LogP contribution in [-0.2, 0) is 22.7 Å². The number of carbonyl (C=O) groups excluding carboxylic acids is 2. The summed E-state index contributed by atoms with van der Waals surface area (Å²) in [5.74, 6) is 1.19. The van der Waals surface area contributed by atoms with E-state index in [1.165, 1.54) is 5.56 Å². The molecular weight excluding hydrogens is 354 g/mol. The van der Waals surface area contributed by atoms with E-state index in [2.05, 4.69) is 39.5 Å². The van der Waals surface area contributed by atoms with Gasteiger partial charge in [0.25, 0.3) is 0 Å². The van der Waals surface area contributed by atoms with Gasteiger partial charge in [0, 0.05) is 52.6 Å². The SMILES string of the molecule is CN=C(NCc1ccc(CN2CCCC2=O)cc1)N1CCCC(CC(N)=O)C1. The van der Waals surface area contributed by atoms with E-state index in [4.69, 9.17) is 5.73 Å². The topological polar surface area (TPSA) is 91.0 Å². The Hall–Kier alpha value is -2.57. The standard InChI is InChI=1S/C21H31N5O2/c1-23-21(26-11-2-4-18(15-26)12-19(22)27)24-13-16-6-8-17(9-7-16)14-25-10-3-5-20(25)28/h6-9,18H,2-5,10-15H2,1H3,(H2,22,27)(H,23,24). The van der Waals surface area contributed by atoms with Crippen molar-refractivity contribution in [2.75, 3.05) is 26.7 Å². The molecule has 7 heteroatoms. The van der Waals surface area contributed by atoms with Gasteiger partial charge < -0.3 is 20.9 Å². The van der Waals surface area contributed by atoms with Gasteiger partial charge in [-0.1, -0.05) is 24.3 Å². The predicted molar refractivity (Wildman–Crippen MR) is 109 cm³/mol. The fourth-order valence-corrected chi connectivity index (χ4v) is 4.08. The van der Waals surface area contributed by atoms with Crippen molar-refractivity contribution in [2.45, 2.75) is 45.2 Å². The lowest BCUT2D eigenvalue weighted by Gasteiger charge is -2.34. The van der Waals surface area contributed by atoms with Gasteiger partial charge >= 0.3 is 0 Å². The van der Waals surface area contributed by atoms with Crippen molar-refractivity contribution in [2.24, 2.45) is 16.6 Å². The van der Waals surface area contributed by atoms with E-state index in [0.29, 0.717) is 31.8 Å². The number of piperidine rings is 1. The number of nitrogens with zero attached hydrogens (tertiary/aromatic N) is 3. The van der Waals surface area contributed by atoms with Crippen molar-refractivity contribution in [3.63, 3.8) is 0 Å².